The number of aliphatic hydroxyl groups is 1. The predicted molar refractivity (Wildman–Crippen MR) is 107 cm³/mol. The monoisotopic (exact) mass is 429 g/mol. The van der Waals surface area contributed by atoms with Gasteiger partial charge < -0.3 is 24.6 Å². The average molecular weight is 429 g/mol. The second-order valence-corrected chi connectivity index (χ2v) is 9.51. The zero-order valence-corrected chi connectivity index (χ0v) is 17.7. The van der Waals surface area contributed by atoms with E-state index in [1.165, 1.54) is 13.4 Å². The lowest BCUT2D eigenvalue weighted by Gasteiger charge is -2.26. The highest BCUT2D eigenvalue weighted by atomic mass is 31.2. The van der Waals surface area contributed by atoms with Crippen molar-refractivity contribution in [3.05, 3.63) is 16.7 Å². The molecule has 11 nitrogen and oxygen atoms in total. The number of anilines is 1. The standard InChI is InChI=1S/C17H28N5O6P/c1-4-6-10(5-2)29(25,26-3)27-8-12-11(23)7-13(28-12)22-9-19-14-15(22)20-17(18)21-16(14)24/h9-13,23H,4-8H2,1-3H3,(H3,18,20,21,24)/t10?,11-,12?,13-,29?/m1/s1. The lowest BCUT2D eigenvalue weighted by atomic mass is 10.2. The Labute approximate surface area is 168 Å². The molecule has 12 heteroatoms. The van der Waals surface area contributed by atoms with Crippen molar-refractivity contribution < 1.29 is 23.5 Å². The number of ether oxygens (including phenoxy) is 1. The normalized spacial score (nSPS) is 25.3. The number of imidazole rings is 1. The van der Waals surface area contributed by atoms with Crippen LogP contribution < -0.4 is 11.3 Å². The van der Waals surface area contributed by atoms with Crippen molar-refractivity contribution in [1.29, 1.82) is 0 Å². The van der Waals surface area contributed by atoms with E-state index < -0.39 is 31.6 Å². The van der Waals surface area contributed by atoms with Crippen molar-refractivity contribution in [2.24, 2.45) is 0 Å². The van der Waals surface area contributed by atoms with E-state index in [2.05, 4.69) is 15.0 Å². The highest BCUT2D eigenvalue weighted by Gasteiger charge is 2.40. The summed E-state index contributed by atoms with van der Waals surface area (Å²) >= 11 is 0. The SMILES string of the molecule is CCCC(CC)P(=O)(OC)OCC1O[C@@H](n2cnc3c(=O)[nH]c(N)nc32)C[C@H]1O. The number of hydrogen-bond donors (Lipinski definition) is 3. The van der Waals surface area contributed by atoms with Gasteiger partial charge in [-0.1, -0.05) is 20.3 Å². The molecule has 1 aliphatic heterocycles. The first-order valence-electron chi connectivity index (χ1n) is 9.68. The zero-order valence-electron chi connectivity index (χ0n) is 16.8. The molecule has 0 amide bonds. The minimum Gasteiger partial charge on any atom is -0.390 e. The third-order valence-electron chi connectivity index (χ3n) is 5.18. The van der Waals surface area contributed by atoms with Gasteiger partial charge in [0, 0.05) is 13.5 Å². The van der Waals surface area contributed by atoms with Gasteiger partial charge in [-0.15, -0.1) is 0 Å². The maximum absolute atomic E-state index is 13.1. The number of H-pyrrole nitrogens is 1. The van der Waals surface area contributed by atoms with Crippen molar-refractivity contribution in [2.75, 3.05) is 19.5 Å². The fourth-order valence-electron chi connectivity index (χ4n) is 3.59. The van der Waals surface area contributed by atoms with Gasteiger partial charge in [-0.25, -0.2) is 4.98 Å². The van der Waals surface area contributed by atoms with E-state index in [-0.39, 0.29) is 35.8 Å². The number of nitrogens with zero attached hydrogens (tertiary/aromatic N) is 3. The number of aromatic nitrogens is 4. The van der Waals surface area contributed by atoms with E-state index in [9.17, 15) is 14.5 Å². The molecule has 5 atom stereocenters. The summed E-state index contributed by atoms with van der Waals surface area (Å²) in [7, 11) is -1.95. The van der Waals surface area contributed by atoms with Crippen LogP contribution in [0.4, 0.5) is 5.95 Å². The molecule has 0 radical (unpaired) electrons. The summed E-state index contributed by atoms with van der Waals surface area (Å²) in [6.07, 6.45) is 1.73. The summed E-state index contributed by atoms with van der Waals surface area (Å²) in [6, 6.07) is 0. The number of aliphatic hydroxyl groups excluding tert-OH is 1. The lowest BCUT2D eigenvalue weighted by Crippen LogP contribution is -2.27. The Balaban J connectivity index is 1.73. The van der Waals surface area contributed by atoms with E-state index >= 15 is 0 Å². The van der Waals surface area contributed by atoms with Crippen LogP contribution in [0, 0.1) is 0 Å². The molecule has 1 saturated heterocycles. The summed E-state index contributed by atoms with van der Waals surface area (Å²) < 4.78 is 31.4. The maximum atomic E-state index is 13.1. The fraction of sp³-hybridized carbons (Fsp3) is 0.706. The molecule has 162 valence electrons. The van der Waals surface area contributed by atoms with Crippen molar-refractivity contribution in [3.63, 3.8) is 0 Å². The molecule has 2 aromatic rings. The number of nitrogens with one attached hydrogen (secondary N) is 1. The molecule has 1 fully saturated rings. The van der Waals surface area contributed by atoms with E-state index in [0.29, 0.717) is 6.42 Å². The molecule has 3 unspecified atom stereocenters. The van der Waals surface area contributed by atoms with Gasteiger partial charge in [0.1, 0.15) is 12.3 Å². The van der Waals surface area contributed by atoms with Crippen LogP contribution in [-0.4, -0.2) is 56.2 Å². The van der Waals surface area contributed by atoms with Gasteiger partial charge >= 0.3 is 7.60 Å². The molecule has 0 spiro atoms. The van der Waals surface area contributed by atoms with Gasteiger partial charge in [-0.05, 0) is 12.8 Å². The van der Waals surface area contributed by atoms with E-state index in [1.54, 1.807) is 4.57 Å². The van der Waals surface area contributed by atoms with Crippen LogP contribution in [0.3, 0.4) is 0 Å². The number of nitrogen functional groups attached to an aromatic ring is 1. The van der Waals surface area contributed by atoms with Crippen LogP contribution in [0.15, 0.2) is 11.1 Å². The predicted octanol–water partition coefficient (Wildman–Crippen LogP) is 1.78. The van der Waals surface area contributed by atoms with Crippen LogP contribution >= 0.6 is 7.60 Å². The topological polar surface area (TPSA) is 155 Å². The largest absolute Gasteiger partial charge is 0.390 e. The highest BCUT2D eigenvalue weighted by molar-refractivity contribution is 7.54. The third-order valence-corrected chi connectivity index (χ3v) is 7.71. The minimum absolute atomic E-state index is 0.0368. The average Bonchev–Trinajstić information content (AvgIpc) is 3.27. The Hall–Kier alpha value is -1.78. The summed E-state index contributed by atoms with van der Waals surface area (Å²) in [5.74, 6) is -0.0368. The molecule has 0 bridgehead atoms. The Morgan fingerprint density at radius 3 is 2.93 bits per heavy atom. The quantitative estimate of drug-likeness (QED) is 0.506. The van der Waals surface area contributed by atoms with Crippen molar-refractivity contribution in [2.45, 2.75) is 63.6 Å². The Kier molecular flexibility index (Phi) is 6.75. The number of hydrogen-bond acceptors (Lipinski definition) is 9. The number of fused-ring (bicyclic) bond motifs is 1. The summed E-state index contributed by atoms with van der Waals surface area (Å²) in [5.41, 5.74) is 5.36. The second kappa shape index (κ2) is 8.93. The Morgan fingerprint density at radius 2 is 2.28 bits per heavy atom. The fourth-order valence-corrected chi connectivity index (χ4v) is 5.58. The van der Waals surface area contributed by atoms with Gasteiger partial charge in [0.15, 0.2) is 11.2 Å². The Morgan fingerprint density at radius 1 is 1.52 bits per heavy atom. The van der Waals surface area contributed by atoms with Gasteiger partial charge in [0.05, 0.1) is 24.7 Å². The molecular formula is C17H28N5O6P. The molecule has 1 aliphatic rings. The first-order chi connectivity index (χ1) is 13.8. The van der Waals surface area contributed by atoms with E-state index in [4.69, 9.17) is 19.5 Å². The lowest BCUT2D eigenvalue weighted by molar-refractivity contribution is -0.0405. The first kappa shape index (κ1) is 21.9. The van der Waals surface area contributed by atoms with Gasteiger partial charge in [0.2, 0.25) is 5.95 Å². The van der Waals surface area contributed by atoms with E-state index in [1.807, 2.05) is 13.8 Å². The van der Waals surface area contributed by atoms with Gasteiger partial charge in [0.25, 0.3) is 5.56 Å². The third kappa shape index (κ3) is 4.39. The molecule has 2 aromatic heterocycles. The van der Waals surface area contributed by atoms with Gasteiger partial charge in [-0.3, -0.25) is 18.9 Å². The van der Waals surface area contributed by atoms with Crippen molar-refractivity contribution >= 4 is 24.7 Å². The second-order valence-electron chi connectivity index (χ2n) is 7.08. The number of aromatic amines is 1. The van der Waals surface area contributed by atoms with Crippen LogP contribution in [0.2, 0.25) is 0 Å². The first-order valence-corrected chi connectivity index (χ1v) is 11.3. The molecular weight excluding hydrogens is 401 g/mol. The molecule has 4 N–H and O–H groups in total. The number of rotatable bonds is 9. The van der Waals surface area contributed by atoms with Crippen LogP contribution in [-0.2, 0) is 18.3 Å². The summed E-state index contributed by atoms with van der Waals surface area (Å²) in [5, 5.41) is 10.4. The smallest absolute Gasteiger partial charge is 0.333 e. The van der Waals surface area contributed by atoms with Gasteiger partial charge in [-0.2, -0.15) is 4.98 Å². The molecule has 0 aromatic carbocycles. The minimum atomic E-state index is -3.32. The number of nitrogens with two attached hydrogens (primary N) is 1. The summed E-state index contributed by atoms with van der Waals surface area (Å²) in [4.78, 5) is 22.5. The van der Waals surface area contributed by atoms with Crippen LogP contribution in [0.25, 0.3) is 11.2 Å². The van der Waals surface area contributed by atoms with Crippen molar-refractivity contribution in [3.8, 4) is 0 Å². The maximum Gasteiger partial charge on any atom is 0.333 e. The molecule has 3 rings (SSSR count). The molecule has 0 saturated carbocycles. The molecule has 3 heterocycles. The molecule has 0 aliphatic carbocycles. The Bertz CT molecular complexity index is 946. The highest BCUT2D eigenvalue weighted by Crippen LogP contribution is 2.55. The van der Waals surface area contributed by atoms with Crippen LogP contribution in [0.5, 0.6) is 0 Å². The van der Waals surface area contributed by atoms with Crippen LogP contribution in [0.1, 0.15) is 45.8 Å². The van der Waals surface area contributed by atoms with E-state index in [0.717, 1.165) is 12.8 Å². The van der Waals surface area contributed by atoms with Crippen molar-refractivity contribution in [1.82, 2.24) is 19.5 Å². The molecule has 29 heavy (non-hydrogen) atoms. The zero-order chi connectivity index (χ0) is 21.2. The summed E-state index contributed by atoms with van der Waals surface area (Å²) in [6.45, 7) is 3.88.